The van der Waals surface area contributed by atoms with Crippen LogP contribution in [0.2, 0.25) is 0 Å². The van der Waals surface area contributed by atoms with Crippen LogP contribution in [0.5, 0.6) is 0 Å². The molecule has 22 heavy (non-hydrogen) atoms. The lowest BCUT2D eigenvalue weighted by Gasteiger charge is -2.35. The fraction of sp³-hybridized carbons (Fsp3) is 0.444. The van der Waals surface area contributed by atoms with Crippen molar-refractivity contribution < 1.29 is 4.79 Å². The molecule has 1 fully saturated rings. The summed E-state index contributed by atoms with van der Waals surface area (Å²) in [7, 11) is 0. The lowest BCUT2D eigenvalue weighted by molar-refractivity contribution is -0.134. The SMILES string of the molecule is O=C(C1CCc2ccccc21)N1CCCC(n2ccnc2)C1. The molecule has 0 spiro atoms. The van der Waals surface area contributed by atoms with Crippen LogP contribution in [-0.2, 0) is 11.2 Å². The van der Waals surface area contributed by atoms with Crippen molar-refractivity contribution in [3.8, 4) is 0 Å². The summed E-state index contributed by atoms with van der Waals surface area (Å²) >= 11 is 0. The number of benzene rings is 1. The normalized spacial score (nSPS) is 24.3. The second-order valence-electron chi connectivity index (χ2n) is 6.38. The maximum atomic E-state index is 13.0. The summed E-state index contributed by atoms with van der Waals surface area (Å²) in [5.74, 6) is 0.382. The van der Waals surface area contributed by atoms with E-state index in [0.717, 1.165) is 38.8 Å². The molecule has 2 aliphatic rings. The first kappa shape index (κ1) is 13.6. The van der Waals surface area contributed by atoms with Crippen LogP contribution in [0.1, 0.15) is 42.3 Å². The number of likely N-dealkylation sites (tertiary alicyclic amines) is 1. The van der Waals surface area contributed by atoms with E-state index in [1.807, 2.05) is 18.7 Å². The van der Waals surface area contributed by atoms with Crippen LogP contribution >= 0.6 is 0 Å². The van der Waals surface area contributed by atoms with E-state index >= 15 is 0 Å². The minimum absolute atomic E-state index is 0.0673. The Morgan fingerprint density at radius 3 is 3.00 bits per heavy atom. The molecular weight excluding hydrogens is 274 g/mol. The topological polar surface area (TPSA) is 38.1 Å². The van der Waals surface area contributed by atoms with Crippen molar-refractivity contribution in [1.82, 2.24) is 14.5 Å². The molecule has 1 aromatic carbocycles. The van der Waals surface area contributed by atoms with Crippen LogP contribution in [0.15, 0.2) is 43.0 Å². The van der Waals surface area contributed by atoms with Crippen molar-refractivity contribution >= 4 is 5.91 Å². The van der Waals surface area contributed by atoms with Gasteiger partial charge in [-0.2, -0.15) is 0 Å². The van der Waals surface area contributed by atoms with Gasteiger partial charge in [-0.15, -0.1) is 0 Å². The van der Waals surface area contributed by atoms with Crippen LogP contribution < -0.4 is 0 Å². The Balaban J connectivity index is 1.51. The minimum Gasteiger partial charge on any atom is -0.340 e. The van der Waals surface area contributed by atoms with Gasteiger partial charge >= 0.3 is 0 Å². The van der Waals surface area contributed by atoms with E-state index in [9.17, 15) is 4.79 Å². The van der Waals surface area contributed by atoms with E-state index in [1.165, 1.54) is 11.1 Å². The Kier molecular flexibility index (Phi) is 3.45. The first-order chi connectivity index (χ1) is 10.8. The third-order valence-electron chi connectivity index (χ3n) is 5.09. The second-order valence-corrected chi connectivity index (χ2v) is 6.38. The van der Waals surface area contributed by atoms with Crippen LogP contribution in [0, 0.1) is 0 Å². The van der Waals surface area contributed by atoms with E-state index in [0.29, 0.717) is 11.9 Å². The number of fused-ring (bicyclic) bond motifs is 1. The van der Waals surface area contributed by atoms with Crippen LogP contribution in [0.4, 0.5) is 0 Å². The van der Waals surface area contributed by atoms with Crippen molar-refractivity contribution in [1.29, 1.82) is 0 Å². The molecule has 1 aromatic heterocycles. The van der Waals surface area contributed by atoms with Gasteiger partial charge in [0.1, 0.15) is 0 Å². The molecule has 0 bridgehead atoms. The standard InChI is InChI=1S/C18H21N3O/c22-18(17-8-7-14-4-1-2-6-16(14)17)20-10-3-5-15(12-20)21-11-9-19-13-21/h1-2,4,6,9,11,13,15,17H,3,5,7-8,10,12H2. The van der Waals surface area contributed by atoms with Gasteiger partial charge in [0.25, 0.3) is 0 Å². The van der Waals surface area contributed by atoms with E-state index in [-0.39, 0.29) is 5.92 Å². The number of carbonyl (C=O) groups is 1. The Hall–Kier alpha value is -2.10. The van der Waals surface area contributed by atoms with E-state index in [2.05, 4.69) is 38.7 Å². The number of hydrogen-bond donors (Lipinski definition) is 0. The maximum Gasteiger partial charge on any atom is 0.230 e. The molecule has 1 aliphatic heterocycles. The molecular formula is C18H21N3O. The summed E-state index contributed by atoms with van der Waals surface area (Å²) in [5.41, 5.74) is 2.60. The summed E-state index contributed by atoms with van der Waals surface area (Å²) in [5, 5.41) is 0. The molecule has 1 saturated heterocycles. The molecule has 114 valence electrons. The molecule has 1 aliphatic carbocycles. The Morgan fingerprint density at radius 1 is 1.23 bits per heavy atom. The second kappa shape index (κ2) is 5.59. The fourth-order valence-corrected chi connectivity index (χ4v) is 3.92. The van der Waals surface area contributed by atoms with Gasteiger partial charge in [-0.25, -0.2) is 4.98 Å². The number of amides is 1. The average molecular weight is 295 g/mol. The van der Waals surface area contributed by atoms with E-state index < -0.39 is 0 Å². The number of carbonyl (C=O) groups excluding carboxylic acids is 1. The van der Waals surface area contributed by atoms with Gasteiger partial charge in [0.15, 0.2) is 0 Å². The van der Waals surface area contributed by atoms with Crippen molar-refractivity contribution in [2.24, 2.45) is 0 Å². The zero-order valence-electron chi connectivity index (χ0n) is 12.7. The third kappa shape index (κ3) is 2.32. The zero-order chi connectivity index (χ0) is 14.9. The number of nitrogens with zero attached hydrogens (tertiary/aromatic N) is 3. The van der Waals surface area contributed by atoms with Gasteiger partial charge in [0.05, 0.1) is 18.3 Å². The van der Waals surface area contributed by atoms with Gasteiger partial charge in [0.2, 0.25) is 5.91 Å². The predicted molar refractivity (Wildman–Crippen MR) is 84.6 cm³/mol. The Labute approximate surface area is 130 Å². The van der Waals surface area contributed by atoms with Crippen LogP contribution in [0.3, 0.4) is 0 Å². The summed E-state index contributed by atoms with van der Waals surface area (Å²) in [4.78, 5) is 19.2. The van der Waals surface area contributed by atoms with E-state index in [4.69, 9.17) is 0 Å². The van der Waals surface area contributed by atoms with Gasteiger partial charge in [-0.05, 0) is 36.8 Å². The van der Waals surface area contributed by atoms with Crippen molar-refractivity contribution in [3.05, 3.63) is 54.1 Å². The monoisotopic (exact) mass is 295 g/mol. The molecule has 1 amide bonds. The summed E-state index contributed by atoms with van der Waals surface area (Å²) in [6, 6.07) is 8.78. The minimum atomic E-state index is 0.0673. The molecule has 2 unspecified atom stereocenters. The van der Waals surface area contributed by atoms with Crippen molar-refractivity contribution in [2.45, 2.75) is 37.6 Å². The number of aromatic nitrogens is 2. The number of rotatable bonds is 2. The highest BCUT2D eigenvalue weighted by molar-refractivity contribution is 5.85. The molecule has 0 saturated carbocycles. The van der Waals surface area contributed by atoms with Gasteiger partial charge in [-0.1, -0.05) is 24.3 Å². The number of imidazole rings is 1. The van der Waals surface area contributed by atoms with Crippen molar-refractivity contribution in [3.63, 3.8) is 0 Å². The lowest BCUT2D eigenvalue weighted by Crippen LogP contribution is -2.42. The molecule has 0 radical (unpaired) electrons. The molecule has 4 nitrogen and oxygen atoms in total. The summed E-state index contributed by atoms with van der Waals surface area (Å²) < 4.78 is 2.14. The zero-order valence-corrected chi connectivity index (χ0v) is 12.7. The highest BCUT2D eigenvalue weighted by Gasteiger charge is 2.33. The first-order valence-corrected chi connectivity index (χ1v) is 8.17. The molecule has 2 aromatic rings. The van der Waals surface area contributed by atoms with Gasteiger partial charge in [-0.3, -0.25) is 4.79 Å². The molecule has 4 rings (SSSR count). The fourth-order valence-electron chi connectivity index (χ4n) is 3.92. The smallest absolute Gasteiger partial charge is 0.230 e. The summed E-state index contributed by atoms with van der Waals surface area (Å²) in [6.45, 7) is 1.70. The highest BCUT2D eigenvalue weighted by atomic mass is 16.2. The van der Waals surface area contributed by atoms with Crippen molar-refractivity contribution in [2.75, 3.05) is 13.1 Å². The van der Waals surface area contributed by atoms with Crippen LogP contribution in [-0.4, -0.2) is 33.4 Å². The van der Waals surface area contributed by atoms with Gasteiger partial charge in [0, 0.05) is 25.5 Å². The molecule has 0 N–H and O–H groups in total. The van der Waals surface area contributed by atoms with Gasteiger partial charge < -0.3 is 9.47 Å². The molecule has 2 heterocycles. The molecule has 2 atom stereocenters. The third-order valence-corrected chi connectivity index (χ3v) is 5.09. The predicted octanol–water partition coefficient (Wildman–Crippen LogP) is 2.78. The van der Waals surface area contributed by atoms with E-state index in [1.54, 1.807) is 0 Å². The average Bonchev–Trinajstić information content (AvgIpc) is 3.24. The number of aryl methyl sites for hydroxylation is 1. The quantitative estimate of drug-likeness (QED) is 0.854. The Morgan fingerprint density at radius 2 is 2.14 bits per heavy atom. The number of piperidine rings is 1. The Bertz CT molecular complexity index is 665. The number of hydrogen-bond acceptors (Lipinski definition) is 2. The highest BCUT2D eigenvalue weighted by Crippen LogP contribution is 2.35. The largest absolute Gasteiger partial charge is 0.340 e. The van der Waals surface area contributed by atoms with Crippen LogP contribution in [0.25, 0.3) is 0 Å². The maximum absolute atomic E-state index is 13.0. The summed E-state index contributed by atoms with van der Waals surface area (Å²) in [6.07, 6.45) is 9.88. The lowest BCUT2D eigenvalue weighted by atomic mass is 9.97. The first-order valence-electron chi connectivity index (χ1n) is 8.17. The molecule has 4 heteroatoms.